The highest BCUT2D eigenvalue weighted by Gasteiger charge is 2.26. The van der Waals surface area contributed by atoms with Crippen molar-refractivity contribution in [3.63, 3.8) is 0 Å². The first-order chi connectivity index (χ1) is 8.33. The molecular weight excluding hydrogens is 206 g/mol. The fourth-order valence-corrected chi connectivity index (χ4v) is 2.72. The van der Waals surface area contributed by atoms with E-state index in [2.05, 4.69) is 49.0 Å². The van der Waals surface area contributed by atoms with Crippen molar-refractivity contribution in [2.24, 2.45) is 5.73 Å². The Hall–Kier alpha value is -1.86. The molecule has 2 aromatic carbocycles. The van der Waals surface area contributed by atoms with E-state index in [0.29, 0.717) is 0 Å². The van der Waals surface area contributed by atoms with Gasteiger partial charge in [-0.05, 0) is 34.2 Å². The van der Waals surface area contributed by atoms with Crippen LogP contribution in [0.4, 0.5) is 0 Å². The van der Waals surface area contributed by atoms with E-state index in [4.69, 9.17) is 5.73 Å². The van der Waals surface area contributed by atoms with Crippen molar-refractivity contribution in [2.75, 3.05) is 0 Å². The molecule has 2 aromatic rings. The van der Waals surface area contributed by atoms with Gasteiger partial charge in [0.15, 0.2) is 0 Å². The number of fused-ring (bicyclic) bond motifs is 3. The van der Waals surface area contributed by atoms with Crippen LogP contribution in [0.2, 0.25) is 0 Å². The van der Waals surface area contributed by atoms with Crippen molar-refractivity contribution in [3.05, 3.63) is 71.8 Å². The molecule has 0 amide bonds. The maximum absolute atomic E-state index is 6.35. The molecule has 0 saturated heterocycles. The summed E-state index contributed by atoms with van der Waals surface area (Å²) in [4.78, 5) is 0. The highest BCUT2D eigenvalue weighted by Crippen LogP contribution is 2.43. The van der Waals surface area contributed by atoms with Gasteiger partial charge in [0.05, 0.1) is 6.04 Å². The summed E-state index contributed by atoms with van der Waals surface area (Å²) in [5.41, 5.74) is 12.7. The van der Waals surface area contributed by atoms with Crippen LogP contribution in [0.25, 0.3) is 11.1 Å². The molecule has 1 aliphatic rings. The molecule has 1 nitrogen and oxygen atoms in total. The molecule has 0 fully saturated rings. The highest BCUT2D eigenvalue weighted by atomic mass is 14.7. The Morgan fingerprint density at radius 2 is 1.82 bits per heavy atom. The van der Waals surface area contributed by atoms with Gasteiger partial charge in [0.2, 0.25) is 0 Å². The number of benzene rings is 2. The van der Waals surface area contributed by atoms with Gasteiger partial charge in [-0.3, -0.25) is 0 Å². The largest absolute Gasteiger partial charge is 0.320 e. The van der Waals surface area contributed by atoms with Gasteiger partial charge in [0.1, 0.15) is 0 Å². The zero-order valence-electron chi connectivity index (χ0n) is 9.69. The van der Waals surface area contributed by atoms with Crippen LogP contribution in [0.3, 0.4) is 0 Å². The molecule has 1 unspecified atom stereocenters. The minimum absolute atomic E-state index is 0.0114. The number of hydrogen-bond donors (Lipinski definition) is 1. The quantitative estimate of drug-likeness (QED) is 0.772. The van der Waals surface area contributed by atoms with Gasteiger partial charge in [-0.1, -0.05) is 48.5 Å². The average molecular weight is 221 g/mol. The predicted octanol–water partition coefficient (Wildman–Crippen LogP) is 3.44. The van der Waals surface area contributed by atoms with Crippen LogP contribution in [0, 0.1) is 0 Å². The van der Waals surface area contributed by atoms with Crippen molar-refractivity contribution in [1.29, 1.82) is 0 Å². The van der Waals surface area contributed by atoms with Gasteiger partial charge in [0.25, 0.3) is 0 Å². The molecule has 0 spiro atoms. The molecule has 0 aliphatic heterocycles. The van der Waals surface area contributed by atoms with Crippen LogP contribution >= 0.6 is 0 Å². The van der Waals surface area contributed by atoms with Gasteiger partial charge in [0, 0.05) is 0 Å². The van der Waals surface area contributed by atoms with E-state index in [1.54, 1.807) is 0 Å². The van der Waals surface area contributed by atoms with Crippen LogP contribution in [0.15, 0.2) is 55.1 Å². The van der Waals surface area contributed by atoms with Crippen LogP contribution in [0.5, 0.6) is 0 Å². The topological polar surface area (TPSA) is 26.0 Å². The SMILES string of the molecule is C=CCc1cccc2c1C(N)c1ccccc1-2. The van der Waals surface area contributed by atoms with Crippen LogP contribution in [0.1, 0.15) is 22.7 Å². The molecule has 1 aliphatic carbocycles. The van der Waals surface area contributed by atoms with Crippen LogP contribution in [-0.4, -0.2) is 0 Å². The summed E-state index contributed by atoms with van der Waals surface area (Å²) in [6, 6.07) is 14.8. The third-order valence-electron chi connectivity index (χ3n) is 3.46. The van der Waals surface area contributed by atoms with Crippen molar-refractivity contribution in [1.82, 2.24) is 0 Å². The molecule has 0 bridgehead atoms. The minimum atomic E-state index is 0.0114. The lowest BCUT2D eigenvalue weighted by atomic mass is 9.97. The Bertz CT molecular complexity index is 584. The Morgan fingerprint density at radius 3 is 2.65 bits per heavy atom. The Morgan fingerprint density at radius 1 is 1.06 bits per heavy atom. The highest BCUT2D eigenvalue weighted by molar-refractivity contribution is 5.79. The maximum Gasteiger partial charge on any atom is 0.0566 e. The third-order valence-corrected chi connectivity index (χ3v) is 3.46. The number of hydrogen-bond acceptors (Lipinski definition) is 1. The molecule has 1 atom stereocenters. The first-order valence-corrected chi connectivity index (χ1v) is 5.90. The first-order valence-electron chi connectivity index (χ1n) is 5.90. The molecule has 84 valence electrons. The summed E-state index contributed by atoms with van der Waals surface area (Å²) < 4.78 is 0. The van der Waals surface area contributed by atoms with Gasteiger partial charge in [-0.2, -0.15) is 0 Å². The Labute approximate surface area is 102 Å². The number of rotatable bonds is 2. The zero-order chi connectivity index (χ0) is 11.8. The van der Waals surface area contributed by atoms with E-state index >= 15 is 0 Å². The van der Waals surface area contributed by atoms with E-state index in [1.807, 2.05) is 6.08 Å². The van der Waals surface area contributed by atoms with Crippen molar-refractivity contribution < 1.29 is 0 Å². The normalized spacial score (nSPS) is 16.4. The van der Waals surface area contributed by atoms with E-state index in [9.17, 15) is 0 Å². The second-order valence-corrected chi connectivity index (χ2v) is 4.44. The molecule has 17 heavy (non-hydrogen) atoms. The molecule has 3 rings (SSSR count). The summed E-state index contributed by atoms with van der Waals surface area (Å²) in [6.45, 7) is 3.81. The van der Waals surface area contributed by atoms with E-state index in [1.165, 1.54) is 27.8 Å². The van der Waals surface area contributed by atoms with Gasteiger partial charge in [-0.25, -0.2) is 0 Å². The van der Waals surface area contributed by atoms with Crippen molar-refractivity contribution in [3.8, 4) is 11.1 Å². The summed E-state index contributed by atoms with van der Waals surface area (Å²) in [5.74, 6) is 0. The summed E-state index contributed by atoms with van der Waals surface area (Å²) in [5, 5.41) is 0. The maximum atomic E-state index is 6.35. The zero-order valence-corrected chi connectivity index (χ0v) is 9.69. The number of nitrogens with two attached hydrogens (primary N) is 1. The molecule has 0 aromatic heterocycles. The van der Waals surface area contributed by atoms with Gasteiger partial charge < -0.3 is 5.73 Å². The average Bonchev–Trinajstić information content (AvgIpc) is 2.66. The van der Waals surface area contributed by atoms with Crippen molar-refractivity contribution >= 4 is 0 Å². The smallest absolute Gasteiger partial charge is 0.0566 e. The van der Waals surface area contributed by atoms with Gasteiger partial charge in [-0.15, -0.1) is 6.58 Å². The second kappa shape index (κ2) is 3.86. The molecular formula is C16H15N. The molecule has 0 heterocycles. The third kappa shape index (κ3) is 1.43. The Balaban J connectivity index is 2.26. The molecule has 0 saturated carbocycles. The molecule has 1 heteroatoms. The number of allylic oxidation sites excluding steroid dienone is 1. The van der Waals surface area contributed by atoms with Gasteiger partial charge >= 0.3 is 0 Å². The fourth-order valence-electron chi connectivity index (χ4n) is 2.72. The summed E-state index contributed by atoms with van der Waals surface area (Å²) in [6.07, 6.45) is 2.82. The molecule has 0 radical (unpaired) electrons. The predicted molar refractivity (Wildman–Crippen MR) is 71.8 cm³/mol. The van der Waals surface area contributed by atoms with E-state index in [-0.39, 0.29) is 6.04 Å². The summed E-state index contributed by atoms with van der Waals surface area (Å²) >= 11 is 0. The monoisotopic (exact) mass is 221 g/mol. The lowest BCUT2D eigenvalue weighted by Gasteiger charge is -2.11. The summed E-state index contributed by atoms with van der Waals surface area (Å²) in [7, 11) is 0. The Kier molecular flexibility index (Phi) is 2.34. The lowest BCUT2D eigenvalue weighted by Crippen LogP contribution is -2.10. The van der Waals surface area contributed by atoms with Crippen molar-refractivity contribution in [2.45, 2.75) is 12.5 Å². The van der Waals surface area contributed by atoms with Crippen LogP contribution < -0.4 is 5.73 Å². The fraction of sp³-hybridized carbons (Fsp3) is 0.125. The second-order valence-electron chi connectivity index (χ2n) is 4.44. The molecule has 2 N–H and O–H groups in total. The van der Waals surface area contributed by atoms with E-state index < -0.39 is 0 Å². The lowest BCUT2D eigenvalue weighted by molar-refractivity contribution is 0.885. The van der Waals surface area contributed by atoms with E-state index in [0.717, 1.165) is 6.42 Å². The first kappa shape index (κ1) is 10.3. The van der Waals surface area contributed by atoms with Crippen LogP contribution in [-0.2, 0) is 6.42 Å². The minimum Gasteiger partial charge on any atom is -0.320 e. The standard InChI is InChI=1S/C16H15N/c1-2-6-11-7-5-10-13-12-8-3-4-9-14(12)16(17)15(11)13/h2-5,7-10,16H,1,6,17H2.